The van der Waals surface area contributed by atoms with Crippen LogP contribution in [-0.2, 0) is 9.59 Å². The van der Waals surface area contributed by atoms with E-state index in [1.165, 1.54) is 0 Å². The van der Waals surface area contributed by atoms with Crippen LogP contribution in [0.2, 0.25) is 0 Å². The zero-order chi connectivity index (χ0) is 22.3. The first-order valence-corrected chi connectivity index (χ1v) is 10.4. The molecule has 2 amide bonds. The molecule has 6 heteroatoms. The van der Waals surface area contributed by atoms with Gasteiger partial charge in [-0.3, -0.25) is 9.59 Å². The molecule has 0 spiro atoms. The molecule has 0 bridgehead atoms. The van der Waals surface area contributed by atoms with E-state index >= 15 is 0 Å². The third-order valence-corrected chi connectivity index (χ3v) is 5.28. The second kappa shape index (κ2) is 9.75. The first kappa shape index (κ1) is 21.1. The molecule has 0 aliphatic rings. The van der Waals surface area contributed by atoms with Gasteiger partial charge in [0.15, 0.2) is 0 Å². The minimum Gasteiger partial charge on any atom is -0.358 e. The number of nitrogens with zero attached hydrogens (tertiary/aromatic N) is 1. The van der Waals surface area contributed by atoms with Crippen LogP contribution < -0.4 is 10.7 Å². The maximum absolute atomic E-state index is 13.0. The predicted octanol–water partition coefficient (Wildman–Crippen LogP) is 3.87. The van der Waals surface area contributed by atoms with E-state index in [1.807, 2.05) is 91.9 Å². The van der Waals surface area contributed by atoms with Gasteiger partial charge < -0.3 is 10.3 Å². The number of rotatable bonds is 7. The molecular formula is C26H24N4O2. The number of para-hydroxylation sites is 1. The summed E-state index contributed by atoms with van der Waals surface area (Å²) < 4.78 is 0. The number of hydrazone groups is 1. The lowest BCUT2D eigenvalue weighted by Crippen LogP contribution is -2.37. The van der Waals surface area contributed by atoms with Crippen molar-refractivity contribution in [3.8, 4) is 0 Å². The first-order valence-electron chi connectivity index (χ1n) is 10.4. The van der Waals surface area contributed by atoms with Crippen LogP contribution in [0.3, 0.4) is 0 Å². The van der Waals surface area contributed by atoms with Crippen LogP contribution in [-0.4, -0.2) is 29.6 Å². The standard InChI is InChI=1S/C26H24N4O2/c1-18-22(21-14-8-9-15-23(21)29-18)16-28-30-24(31)17-27-26(32)25(19-10-4-2-5-11-19)20-12-6-3-7-13-20/h2-16,25,29H,17H2,1H3,(H,27,32)(H,30,31)/b28-16-. The van der Waals surface area contributed by atoms with Gasteiger partial charge in [-0.05, 0) is 24.1 Å². The Morgan fingerprint density at radius 3 is 2.16 bits per heavy atom. The number of carbonyl (C=O) groups is 2. The monoisotopic (exact) mass is 424 g/mol. The van der Waals surface area contributed by atoms with Gasteiger partial charge in [0.1, 0.15) is 0 Å². The molecule has 0 saturated heterocycles. The summed E-state index contributed by atoms with van der Waals surface area (Å²) in [4.78, 5) is 28.5. The molecule has 32 heavy (non-hydrogen) atoms. The second-order valence-corrected chi connectivity index (χ2v) is 7.47. The molecule has 1 heterocycles. The Morgan fingerprint density at radius 1 is 0.906 bits per heavy atom. The molecule has 4 rings (SSSR count). The highest BCUT2D eigenvalue weighted by Gasteiger charge is 2.22. The highest BCUT2D eigenvalue weighted by Crippen LogP contribution is 2.24. The van der Waals surface area contributed by atoms with Gasteiger partial charge in [0.2, 0.25) is 5.91 Å². The molecule has 0 atom stereocenters. The van der Waals surface area contributed by atoms with Gasteiger partial charge in [-0.25, -0.2) is 5.43 Å². The van der Waals surface area contributed by atoms with Crippen molar-refractivity contribution in [1.82, 2.24) is 15.7 Å². The maximum atomic E-state index is 13.0. The number of carbonyl (C=O) groups excluding carboxylic acids is 2. The van der Waals surface area contributed by atoms with Gasteiger partial charge in [-0.1, -0.05) is 78.9 Å². The molecule has 6 nitrogen and oxygen atoms in total. The van der Waals surface area contributed by atoms with Crippen molar-refractivity contribution in [2.24, 2.45) is 5.10 Å². The Hall–Kier alpha value is -4.19. The van der Waals surface area contributed by atoms with Gasteiger partial charge in [-0.2, -0.15) is 5.10 Å². The summed E-state index contributed by atoms with van der Waals surface area (Å²) in [6.07, 6.45) is 1.62. The Bertz CT molecular complexity index is 1210. The minimum atomic E-state index is -0.498. The smallest absolute Gasteiger partial charge is 0.259 e. The topological polar surface area (TPSA) is 86.3 Å². The molecule has 0 radical (unpaired) electrons. The molecule has 0 aliphatic heterocycles. The van der Waals surface area contributed by atoms with Crippen molar-refractivity contribution >= 4 is 28.9 Å². The van der Waals surface area contributed by atoms with Crippen LogP contribution >= 0.6 is 0 Å². The third-order valence-electron chi connectivity index (χ3n) is 5.28. The van der Waals surface area contributed by atoms with E-state index in [4.69, 9.17) is 0 Å². The van der Waals surface area contributed by atoms with Gasteiger partial charge in [0.05, 0.1) is 18.7 Å². The molecule has 3 aromatic carbocycles. The zero-order valence-electron chi connectivity index (χ0n) is 17.7. The normalized spacial score (nSPS) is 11.2. The molecule has 160 valence electrons. The van der Waals surface area contributed by atoms with Crippen LogP contribution in [0.4, 0.5) is 0 Å². The minimum absolute atomic E-state index is 0.167. The van der Waals surface area contributed by atoms with Crippen molar-refractivity contribution in [3.05, 3.63) is 107 Å². The molecular weight excluding hydrogens is 400 g/mol. The number of fused-ring (bicyclic) bond motifs is 1. The Morgan fingerprint density at radius 2 is 1.50 bits per heavy atom. The van der Waals surface area contributed by atoms with Gasteiger partial charge in [-0.15, -0.1) is 0 Å². The van der Waals surface area contributed by atoms with Gasteiger partial charge >= 0.3 is 0 Å². The highest BCUT2D eigenvalue weighted by atomic mass is 16.2. The lowest BCUT2D eigenvalue weighted by Gasteiger charge is -2.17. The first-order chi connectivity index (χ1) is 15.6. The lowest BCUT2D eigenvalue weighted by atomic mass is 9.90. The number of aryl methyl sites for hydroxylation is 1. The zero-order valence-corrected chi connectivity index (χ0v) is 17.7. The molecule has 0 aliphatic carbocycles. The predicted molar refractivity (Wildman–Crippen MR) is 127 cm³/mol. The number of benzene rings is 3. The van der Waals surface area contributed by atoms with E-state index in [2.05, 4.69) is 20.8 Å². The summed E-state index contributed by atoms with van der Waals surface area (Å²) in [5.41, 5.74) is 7.11. The number of nitrogens with one attached hydrogen (secondary N) is 3. The molecule has 0 fully saturated rings. The number of aromatic amines is 1. The van der Waals surface area contributed by atoms with Gasteiger partial charge in [0, 0.05) is 22.2 Å². The van der Waals surface area contributed by atoms with Crippen LogP contribution in [0.15, 0.2) is 90.0 Å². The van der Waals surface area contributed by atoms with Crippen molar-refractivity contribution < 1.29 is 9.59 Å². The van der Waals surface area contributed by atoms with Crippen molar-refractivity contribution in [2.75, 3.05) is 6.54 Å². The number of aromatic nitrogens is 1. The number of amides is 2. The fourth-order valence-electron chi connectivity index (χ4n) is 3.73. The van der Waals surface area contributed by atoms with Crippen molar-refractivity contribution in [1.29, 1.82) is 0 Å². The molecule has 0 saturated carbocycles. The van der Waals surface area contributed by atoms with Crippen LogP contribution in [0.5, 0.6) is 0 Å². The van der Waals surface area contributed by atoms with Gasteiger partial charge in [0.25, 0.3) is 5.91 Å². The van der Waals surface area contributed by atoms with E-state index in [1.54, 1.807) is 6.21 Å². The summed E-state index contributed by atoms with van der Waals surface area (Å²) in [5, 5.41) is 7.83. The Balaban J connectivity index is 1.39. The quantitative estimate of drug-likeness (QED) is 0.311. The Labute approximate surface area is 186 Å². The summed E-state index contributed by atoms with van der Waals surface area (Å²) in [5.74, 6) is -1.14. The number of hydrogen-bond acceptors (Lipinski definition) is 3. The number of hydrogen-bond donors (Lipinski definition) is 3. The fourth-order valence-corrected chi connectivity index (χ4v) is 3.73. The average molecular weight is 425 g/mol. The summed E-state index contributed by atoms with van der Waals surface area (Å²) in [7, 11) is 0. The maximum Gasteiger partial charge on any atom is 0.259 e. The molecule has 4 aromatic rings. The van der Waals surface area contributed by atoms with Crippen LogP contribution in [0.1, 0.15) is 28.3 Å². The van der Waals surface area contributed by atoms with Crippen molar-refractivity contribution in [2.45, 2.75) is 12.8 Å². The third kappa shape index (κ3) is 4.75. The second-order valence-electron chi connectivity index (χ2n) is 7.47. The molecule has 3 N–H and O–H groups in total. The average Bonchev–Trinajstić information content (AvgIpc) is 3.14. The Kier molecular flexibility index (Phi) is 6.41. The van der Waals surface area contributed by atoms with Crippen LogP contribution in [0, 0.1) is 6.92 Å². The van der Waals surface area contributed by atoms with Crippen molar-refractivity contribution in [3.63, 3.8) is 0 Å². The van der Waals surface area contributed by atoms with E-state index in [9.17, 15) is 9.59 Å². The summed E-state index contributed by atoms with van der Waals surface area (Å²) >= 11 is 0. The summed E-state index contributed by atoms with van der Waals surface area (Å²) in [6.45, 7) is 1.79. The summed E-state index contributed by atoms with van der Waals surface area (Å²) in [6, 6.07) is 26.9. The number of H-pyrrole nitrogens is 1. The molecule has 1 aromatic heterocycles. The van der Waals surface area contributed by atoms with E-state index in [0.29, 0.717) is 0 Å². The fraction of sp³-hybridized carbons (Fsp3) is 0.115. The highest BCUT2D eigenvalue weighted by molar-refractivity contribution is 6.01. The van der Waals surface area contributed by atoms with E-state index in [0.717, 1.165) is 33.3 Å². The lowest BCUT2D eigenvalue weighted by molar-refractivity contribution is -0.126. The SMILES string of the molecule is Cc1[nH]c2ccccc2c1/C=N\NC(=O)CNC(=O)C(c1ccccc1)c1ccccc1. The molecule has 0 unspecified atom stereocenters. The van der Waals surface area contributed by atoms with Crippen LogP contribution in [0.25, 0.3) is 10.9 Å². The van der Waals surface area contributed by atoms with E-state index < -0.39 is 11.8 Å². The van der Waals surface area contributed by atoms with E-state index in [-0.39, 0.29) is 12.5 Å². The largest absolute Gasteiger partial charge is 0.358 e.